The average molecular weight is 1250 g/mol. The number of fused-ring (bicyclic) bond motifs is 9. The van der Waals surface area contributed by atoms with Crippen LogP contribution in [-0.4, -0.2) is 42.7 Å². The fourth-order valence-electron chi connectivity index (χ4n) is 10.5. The molecule has 0 aliphatic rings. The van der Waals surface area contributed by atoms with Gasteiger partial charge in [-0.15, -0.1) is 0 Å². The minimum Gasteiger partial charge on any atom is -0.497 e. The maximum Gasteiger partial charge on any atom is 0.216 e. The molecular formula is C72H99O12P3. The number of aryl methyl sites for hydroxylation is 3. The second-order valence-corrected chi connectivity index (χ2v) is 33.3. The Morgan fingerprint density at radius 3 is 0.460 bits per heavy atom. The minimum absolute atomic E-state index is 0.108. The first kappa shape index (κ1) is 68.3. The smallest absolute Gasteiger partial charge is 0.216 e. The summed E-state index contributed by atoms with van der Waals surface area (Å²) in [6, 6.07) is 24.8. The Morgan fingerprint density at radius 2 is 0.368 bits per heavy atom. The molecule has 0 bridgehead atoms. The lowest BCUT2D eigenvalue weighted by molar-refractivity contribution is 0.413. The molecule has 0 aliphatic heterocycles. The molecule has 0 saturated heterocycles. The van der Waals surface area contributed by atoms with Gasteiger partial charge in [-0.3, -0.25) is 0 Å². The van der Waals surface area contributed by atoms with Crippen molar-refractivity contribution in [2.45, 2.75) is 196 Å². The highest BCUT2D eigenvalue weighted by Gasteiger charge is 2.30. The third kappa shape index (κ3) is 14.9. The van der Waals surface area contributed by atoms with Crippen LogP contribution >= 0.6 is 24.0 Å². The van der Waals surface area contributed by atoms with Crippen LogP contribution in [0, 0.1) is 0 Å². The lowest BCUT2D eigenvalue weighted by Gasteiger charge is -2.21. The molecule has 0 fully saturated rings. The molecule has 3 aromatic heterocycles. The van der Waals surface area contributed by atoms with Crippen LogP contribution in [-0.2, 0) is 51.0 Å². The van der Waals surface area contributed by atoms with Crippen molar-refractivity contribution in [2.24, 2.45) is 0 Å². The van der Waals surface area contributed by atoms with Crippen molar-refractivity contribution < 1.29 is 53.6 Å². The van der Waals surface area contributed by atoms with Crippen LogP contribution in [0.3, 0.4) is 0 Å². The van der Waals surface area contributed by atoms with E-state index in [9.17, 15) is 0 Å². The summed E-state index contributed by atoms with van der Waals surface area (Å²) in [5.74, 6) is 4.87. The fourth-order valence-corrected chi connectivity index (χ4v) is 13.8. The Morgan fingerprint density at radius 1 is 0.241 bits per heavy atom. The third-order valence-corrected chi connectivity index (χ3v) is 19.3. The van der Waals surface area contributed by atoms with Gasteiger partial charge >= 0.3 is 0 Å². The molecule has 0 radical (unpaired) electrons. The third-order valence-electron chi connectivity index (χ3n) is 15.4. The van der Waals surface area contributed by atoms with E-state index in [2.05, 4.69) is 182 Å². The van der Waals surface area contributed by atoms with Gasteiger partial charge < -0.3 is 53.6 Å². The van der Waals surface area contributed by atoms with Gasteiger partial charge in [-0.1, -0.05) is 145 Å². The van der Waals surface area contributed by atoms with Gasteiger partial charge in [0.05, 0.1) is 42.7 Å². The maximum absolute atomic E-state index is 6.53. The van der Waals surface area contributed by atoms with Crippen LogP contribution in [0.1, 0.15) is 179 Å². The molecule has 0 saturated carbocycles. The summed E-state index contributed by atoms with van der Waals surface area (Å²) in [5.41, 5.74) is 11.4. The van der Waals surface area contributed by atoms with Gasteiger partial charge in [0.2, 0.25) is 24.0 Å². The predicted molar refractivity (Wildman–Crippen MR) is 368 cm³/mol. The van der Waals surface area contributed by atoms with E-state index in [4.69, 9.17) is 53.6 Å². The molecule has 0 spiro atoms. The number of methoxy groups -OCH3 is 6. The molecule has 87 heavy (non-hydrogen) atoms. The monoisotopic (exact) mass is 1250 g/mol. The number of hydrogen-bond donors (Lipinski definition) is 0. The van der Waals surface area contributed by atoms with Crippen LogP contribution in [0.25, 0.3) is 65.8 Å². The Bertz CT molecular complexity index is 3410. The molecular weight excluding hydrogens is 1150 g/mol. The Hall–Kier alpha value is -6.18. The number of benzene rings is 6. The lowest BCUT2D eigenvalue weighted by Crippen LogP contribution is -2.12. The Kier molecular flexibility index (Phi) is 20.5. The van der Waals surface area contributed by atoms with Crippen LogP contribution in [0.5, 0.6) is 34.5 Å². The van der Waals surface area contributed by atoms with Crippen molar-refractivity contribution in [2.75, 3.05) is 42.7 Å². The molecule has 474 valence electrons. The highest BCUT2D eigenvalue weighted by Crippen LogP contribution is 2.49. The summed E-state index contributed by atoms with van der Waals surface area (Å²) >= 11 is 0. The predicted octanol–water partition coefficient (Wildman–Crippen LogP) is 23.8. The van der Waals surface area contributed by atoms with E-state index < -0.39 is 24.0 Å². The largest absolute Gasteiger partial charge is 0.497 e. The molecule has 0 aliphatic carbocycles. The highest BCUT2D eigenvalue weighted by molar-refractivity contribution is 7.36. The van der Waals surface area contributed by atoms with E-state index in [0.717, 1.165) is 152 Å². The second kappa shape index (κ2) is 26.1. The number of ether oxygens (including phenoxy) is 6. The van der Waals surface area contributed by atoms with E-state index in [-0.39, 0.29) is 32.5 Å². The summed E-state index contributed by atoms with van der Waals surface area (Å²) in [4.78, 5) is 0. The van der Waals surface area contributed by atoms with Crippen LogP contribution < -0.4 is 28.4 Å². The quantitative estimate of drug-likeness (QED) is 0.136. The van der Waals surface area contributed by atoms with E-state index in [0.29, 0.717) is 0 Å². The van der Waals surface area contributed by atoms with Gasteiger partial charge in [-0.05, 0) is 105 Å². The van der Waals surface area contributed by atoms with E-state index in [1.54, 1.807) is 42.7 Å². The Labute approximate surface area is 520 Å². The summed E-state index contributed by atoms with van der Waals surface area (Å²) in [6.07, 6.45) is 2.41. The number of rotatable bonds is 9. The van der Waals surface area contributed by atoms with Crippen molar-refractivity contribution in [1.82, 2.24) is 0 Å². The van der Waals surface area contributed by atoms with Crippen LogP contribution in [0.15, 0.2) is 98.0 Å². The first-order valence-electron chi connectivity index (χ1n) is 30.2. The molecule has 9 rings (SSSR count). The molecule has 0 atom stereocenters. The van der Waals surface area contributed by atoms with Crippen LogP contribution in [0.2, 0.25) is 0 Å². The molecule has 9 aromatic rings. The zero-order chi connectivity index (χ0) is 64.7. The van der Waals surface area contributed by atoms with Gasteiger partial charge in [-0.25, -0.2) is 0 Å². The van der Waals surface area contributed by atoms with E-state index in [1.165, 1.54) is 0 Å². The zero-order valence-electron chi connectivity index (χ0n) is 57.3. The van der Waals surface area contributed by atoms with E-state index in [1.807, 2.05) is 36.4 Å². The summed E-state index contributed by atoms with van der Waals surface area (Å²) in [7, 11) is 6.90. The average Bonchev–Trinajstić information content (AvgIpc) is 1.75. The highest BCUT2D eigenvalue weighted by atomic mass is 31.1. The van der Waals surface area contributed by atoms with Crippen molar-refractivity contribution in [3.63, 3.8) is 0 Å². The standard InChI is InChI=1S/3C24H33O4P/c3*1-10-29-27-21-17(11-15(25-8)13-19(21)23(2,3)4)18-12-16(26-9)14-20(22(18)28-29)24(5,6)7/h3*11-14H,10H2,1-9H3. The molecule has 12 nitrogen and oxygen atoms in total. The summed E-state index contributed by atoms with van der Waals surface area (Å²) < 4.78 is 73.1. The van der Waals surface area contributed by atoms with Crippen LogP contribution in [0.4, 0.5) is 0 Å². The van der Waals surface area contributed by atoms with E-state index >= 15 is 0 Å². The summed E-state index contributed by atoms with van der Waals surface area (Å²) in [6.45, 7) is 45.8. The number of hydrogen-bond acceptors (Lipinski definition) is 12. The fraction of sp³-hybridized carbons (Fsp3) is 0.500. The van der Waals surface area contributed by atoms with Crippen molar-refractivity contribution in [3.05, 3.63) is 106 Å². The van der Waals surface area contributed by atoms with Gasteiger partial charge in [0.15, 0.2) is 0 Å². The SMILES string of the molecule is CCp1oc2c(C(C)(C)C)cc(OC)cc2c2cc(OC)cc(C(C)(C)C)c2o1.CCp1oc2c(C(C)(C)C)cc(OC)cc2c2cc(OC)cc(C(C)(C)C)c2o1.CCp1oc2c(C(C)(C)C)cc(OC)cc2c2cc(OC)cc(C(C)(C)C)c2o1. The second-order valence-electron chi connectivity index (χ2n) is 28.3. The van der Waals surface area contributed by atoms with Gasteiger partial charge in [-0.2, -0.15) is 0 Å². The Balaban J connectivity index is 0.000000186. The first-order chi connectivity index (χ1) is 40.5. The molecule has 15 heteroatoms. The first-order valence-corrected chi connectivity index (χ1v) is 34.3. The summed E-state index contributed by atoms with van der Waals surface area (Å²) in [5, 5.41) is 5.96. The van der Waals surface area contributed by atoms with Gasteiger partial charge in [0, 0.05) is 84.2 Å². The molecule has 0 amide bonds. The molecule has 6 aromatic carbocycles. The maximum atomic E-state index is 6.53. The normalized spacial score (nSPS) is 12.4. The minimum atomic E-state index is -1.11. The van der Waals surface area contributed by atoms with Gasteiger partial charge in [0.1, 0.15) is 68.0 Å². The zero-order valence-corrected chi connectivity index (χ0v) is 60.0. The van der Waals surface area contributed by atoms with Gasteiger partial charge in [0.25, 0.3) is 0 Å². The van der Waals surface area contributed by atoms with Crippen molar-refractivity contribution in [3.8, 4) is 34.5 Å². The van der Waals surface area contributed by atoms with Crippen molar-refractivity contribution >= 4 is 89.9 Å². The molecule has 3 heterocycles. The topological polar surface area (TPSA) is 134 Å². The van der Waals surface area contributed by atoms with Crippen molar-refractivity contribution in [1.29, 1.82) is 0 Å². The molecule has 0 unspecified atom stereocenters. The lowest BCUT2D eigenvalue weighted by atomic mass is 9.84. The molecule has 0 N–H and O–H groups in total.